The topological polar surface area (TPSA) is 85.3 Å². The Labute approximate surface area is 139 Å². The summed E-state index contributed by atoms with van der Waals surface area (Å²) in [5, 5.41) is 10.4. The first-order valence-electron chi connectivity index (χ1n) is 6.96. The smallest absolute Gasteiger partial charge is 0.355 e. The number of methoxy groups -OCH3 is 3. The van der Waals surface area contributed by atoms with Gasteiger partial charge in [-0.25, -0.2) is 9.59 Å². The lowest BCUT2D eigenvalue weighted by Crippen LogP contribution is -2.27. The minimum absolute atomic E-state index is 0.00318. The Bertz CT molecular complexity index is 747. The van der Waals surface area contributed by atoms with Crippen LogP contribution in [0.4, 0.5) is 5.69 Å². The number of nitrogens with zero attached hydrogens (tertiary/aromatic N) is 1. The van der Waals surface area contributed by atoms with Gasteiger partial charge in [0.05, 0.1) is 32.6 Å². The zero-order valence-electron chi connectivity index (χ0n) is 13.5. The van der Waals surface area contributed by atoms with Gasteiger partial charge >= 0.3 is 11.9 Å². The molecule has 7 nitrogen and oxygen atoms in total. The number of esters is 2. The third kappa shape index (κ3) is 3.10. The van der Waals surface area contributed by atoms with E-state index in [9.17, 15) is 14.7 Å². The van der Waals surface area contributed by atoms with Gasteiger partial charge in [-0.15, -0.1) is 0 Å². The normalized spacial score (nSPS) is 13.5. The molecule has 1 aliphatic heterocycles. The number of benzene rings is 1. The van der Waals surface area contributed by atoms with E-state index in [4.69, 9.17) is 14.2 Å². The summed E-state index contributed by atoms with van der Waals surface area (Å²) in [7, 11) is 3.82. The number of aromatic hydroxyl groups is 1. The standard InChI is InChI=1S/C17H17NO6/c1-22-13-9-6-8-12(15(13)19)18-10-5-4-7-11(16(20)23-2)14(18)17(21)24-3/h4-10,19H,1-3H3. The first kappa shape index (κ1) is 17.1. The third-order valence-corrected chi connectivity index (χ3v) is 3.35. The highest BCUT2D eigenvalue weighted by Crippen LogP contribution is 2.39. The second-order valence-corrected chi connectivity index (χ2v) is 4.64. The number of allylic oxidation sites excluding steroid dienone is 2. The van der Waals surface area contributed by atoms with Crippen LogP contribution in [0.3, 0.4) is 0 Å². The molecule has 1 N–H and O–H groups in total. The van der Waals surface area contributed by atoms with Crippen molar-refractivity contribution in [2.75, 3.05) is 26.2 Å². The number of carbonyl (C=O) groups is 2. The van der Waals surface area contributed by atoms with Crippen LogP contribution in [0.15, 0.2) is 53.9 Å². The maximum absolute atomic E-state index is 12.3. The minimum Gasteiger partial charge on any atom is -0.503 e. The monoisotopic (exact) mass is 331 g/mol. The van der Waals surface area contributed by atoms with Crippen LogP contribution in [0.5, 0.6) is 11.5 Å². The molecule has 126 valence electrons. The molecule has 1 heterocycles. The van der Waals surface area contributed by atoms with E-state index in [-0.39, 0.29) is 28.5 Å². The number of rotatable bonds is 4. The first-order valence-corrected chi connectivity index (χ1v) is 6.96. The average molecular weight is 331 g/mol. The maximum atomic E-state index is 12.3. The quantitative estimate of drug-likeness (QED) is 0.843. The van der Waals surface area contributed by atoms with Gasteiger partial charge < -0.3 is 24.2 Å². The van der Waals surface area contributed by atoms with E-state index in [2.05, 4.69) is 0 Å². The van der Waals surface area contributed by atoms with E-state index in [0.717, 1.165) is 0 Å². The van der Waals surface area contributed by atoms with Crippen LogP contribution in [0.25, 0.3) is 0 Å². The zero-order chi connectivity index (χ0) is 17.7. The molecule has 1 aromatic rings. The van der Waals surface area contributed by atoms with Crippen molar-refractivity contribution < 1.29 is 28.9 Å². The molecule has 0 spiro atoms. The highest BCUT2D eigenvalue weighted by molar-refractivity contribution is 6.05. The number of phenolic OH excluding ortho intramolecular Hbond substituents is 1. The number of carbonyl (C=O) groups excluding carboxylic acids is 2. The number of hydrogen-bond donors (Lipinski definition) is 1. The fraction of sp³-hybridized carbons (Fsp3) is 0.176. The van der Waals surface area contributed by atoms with Crippen molar-refractivity contribution in [3.8, 4) is 11.5 Å². The van der Waals surface area contributed by atoms with E-state index in [1.807, 2.05) is 0 Å². The second-order valence-electron chi connectivity index (χ2n) is 4.64. The molecule has 0 aromatic heterocycles. The Morgan fingerprint density at radius 1 is 1.04 bits per heavy atom. The van der Waals surface area contributed by atoms with Crippen molar-refractivity contribution in [3.63, 3.8) is 0 Å². The molecule has 0 unspecified atom stereocenters. The SMILES string of the molecule is COC(=O)C1=C(C(=O)OC)N(c2cccc(OC)c2O)C=CC=C1. The van der Waals surface area contributed by atoms with Crippen LogP contribution in [0.1, 0.15) is 0 Å². The lowest BCUT2D eigenvalue weighted by atomic mass is 10.1. The number of phenols is 1. The zero-order valence-corrected chi connectivity index (χ0v) is 13.5. The Morgan fingerprint density at radius 2 is 1.75 bits per heavy atom. The van der Waals surface area contributed by atoms with Crippen LogP contribution in [-0.4, -0.2) is 38.4 Å². The van der Waals surface area contributed by atoms with Gasteiger partial charge in [-0.1, -0.05) is 12.1 Å². The van der Waals surface area contributed by atoms with Crippen molar-refractivity contribution in [3.05, 3.63) is 53.9 Å². The molecule has 7 heteroatoms. The maximum Gasteiger partial charge on any atom is 0.355 e. The summed E-state index contributed by atoms with van der Waals surface area (Å²) in [6.07, 6.45) is 6.14. The Balaban J connectivity index is 2.70. The van der Waals surface area contributed by atoms with E-state index in [0.29, 0.717) is 0 Å². The molecule has 1 aliphatic rings. The molecule has 0 bridgehead atoms. The molecular weight excluding hydrogens is 314 g/mol. The summed E-state index contributed by atoms with van der Waals surface area (Å²) in [6.45, 7) is 0. The van der Waals surface area contributed by atoms with Crippen LogP contribution in [0, 0.1) is 0 Å². The van der Waals surface area contributed by atoms with Gasteiger partial charge in [0.25, 0.3) is 0 Å². The number of anilines is 1. The average Bonchev–Trinajstić information content (AvgIpc) is 2.83. The molecular formula is C17H17NO6. The van der Waals surface area contributed by atoms with E-state index >= 15 is 0 Å². The summed E-state index contributed by atoms with van der Waals surface area (Å²) >= 11 is 0. The van der Waals surface area contributed by atoms with Crippen LogP contribution in [0.2, 0.25) is 0 Å². The van der Waals surface area contributed by atoms with Crippen LogP contribution >= 0.6 is 0 Å². The lowest BCUT2D eigenvalue weighted by Gasteiger charge is -2.24. The van der Waals surface area contributed by atoms with E-state index in [1.54, 1.807) is 30.4 Å². The number of hydrogen-bond acceptors (Lipinski definition) is 7. The van der Waals surface area contributed by atoms with E-state index < -0.39 is 11.9 Å². The van der Waals surface area contributed by atoms with Crippen LogP contribution in [-0.2, 0) is 19.1 Å². The molecule has 2 rings (SSSR count). The summed E-state index contributed by atoms with van der Waals surface area (Å²) in [5.41, 5.74) is 0.158. The molecule has 1 aromatic carbocycles. The molecule has 0 radical (unpaired) electrons. The fourth-order valence-electron chi connectivity index (χ4n) is 2.22. The van der Waals surface area contributed by atoms with Gasteiger partial charge in [0.2, 0.25) is 0 Å². The summed E-state index contributed by atoms with van der Waals surface area (Å²) in [6, 6.07) is 4.79. The van der Waals surface area contributed by atoms with Crippen molar-refractivity contribution >= 4 is 17.6 Å². The Hall–Kier alpha value is -3.22. The van der Waals surface area contributed by atoms with Crippen molar-refractivity contribution in [1.82, 2.24) is 0 Å². The largest absolute Gasteiger partial charge is 0.503 e. The highest BCUT2D eigenvalue weighted by Gasteiger charge is 2.29. The fourth-order valence-corrected chi connectivity index (χ4v) is 2.22. The van der Waals surface area contributed by atoms with Gasteiger partial charge in [0, 0.05) is 6.20 Å². The van der Waals surface area contributed by atoms with Gasteiger partial charge in [-0.05, 0) is 24.3 Å². The molecule has 0 amide bonds. The van der Waals surface area contributed by atoms with Gasteiger partial charge in [-0.2, -0.15) is 0 Å². The molecule has 0 saturated heterocycles. The van der Waals surface area contributed by atoms with Crippen molar-refractivity contribution in [2.24, 2.45) is 0 Å². The molecule has 0 saturated carbocycles. The molecule has 0 atom stereocenters. The van der Waals surface area contributed by atoms with Gasteiger partial charge in [0.15, 0.2) is 11.5 Å². The minimum atomic E-state index is -0.756. The predicted molar refractivity (Wildman–Crippen MR) is 86.5 cm³/mol. The molecule has 0 fully saturated rings. The Morgan fingerprint density at radius 3 is 2.38 bits per heavy atom. The second kappa shape index (κ2) is 7.36. The summed E-state index contributed by atoms with van der Waals surface area (Å²) < 4.78 is 14.6. The molecule has 0 aliphatic carbocycles. The van der Waals surface area contributed by atoms with E-state index in [1.165, 1.54) is 38.5 Å². The van der Waals surface area contributed by atoms with Gasteiger partial charge in [-0.3, -0.25) is 0 Å². The number of para-hydroxylation sites is 1. The van der Waals surface area contributed by atoms with Crippen molar-refractivity contribution in [2.45, 2.75) is 0 Å². The van der Waals surface area contributed by atoms with Gasteiger partial charge in [0.1, 0.15) is 5.70 Å². The third-order valence-electron chi connectivity index (χ3n) is 3.35. The van der Waals surface area contributed by atoms with Crippen LogP contribution < -0.4 is 9.64 Å². The Kier molecular flexibility index (Phi) is 5.26. The summed E-state index contributed by atoms with van der Waals surface area (Å²) in [4.78, 5) is 25.7. The first-order chi connectivity index (χ1) is 11.5. The highest BCUT2D eigenvalue weighted by atomic mass is 16.5. The molecule has 24 heavy (non-hydrogen) atoms. The lowest BCUT2D eigenvalue weighted by molar-refractivity contribution is -0.139. The van der Waals surface area contributed by atoms with Crippen molar-refractivity contribution in [1.29, 1.82) is 0 Å². The number of ether oxygens (including phenoxy) is 3. The summed E-state index contributed by atoms with van der Waals surface area (Å²) in [5.74, 6) is -1.42. The predicted octanol–water partition coefficient (Wildman–Crippen LogP) is 1.89.